The number of amides is 1. The Hall–Kier alpha value is -1.35. The van der Waals surface area contributed by atoms with Gasteiger partial charge in [0, 0.05) is 5.56 Å². The Bertz CT molecular complexity index is 323. The molecule has 0 heterocycles. The fraction of sp³-hybridized carbons (Fsp3) is 0.417. The molecule has 1 rings (SSSR count). The largest absolute Gasteiger partial charge is 0.290 e. The molecule has 0 saturated heterocycles. The molecular weight excluding hydrogens is 188 g/mol. The van der Waals surface area contributed by atoms with Crippen LogP contribution in [-0.4, -0.2) is 5.91 Å². The van der Waals surface area contributed by atoms with Crippen molar-refractivity contribution in [2.75, 3.05) is 0 Å². The average Bonchev–Trinajstić information content (AvgIpc) is 2.29. The number of carbonyl (C=O) groups is 1. The topological polar surface area (TPSA) is 55.1 Å². The number of unbranched alkanes of at least 4 members (excludes halogenated alkanes) is 2. The van der Waals surface area contributed by atoms with Crippen molar-refractivity contribution in [3.8, 4) is 0 Å². The Balaban J connectivity index is 2.73. The Morgan fingerprint density at radius 1 is 1.33 bits per heavy atom. The third-order valence-corrected chi connectivity index (χ3v) is 2.44. The van der Waals surface area contributed by atoms with E-state index in [1.54, 1.807) is 0 Å². The molecule has 0 saturated carbocycles. The van der Waals surface area contributed by atoms with Crippen LogP contribution in [0.15, 0.2) is 24.3 Å². The summed E-state index contributed by atoms with van der Waals surface area (Å²) >= 11 is 0. The van der Waals surface area contributed by atoms with Gasteiger partial charge >= 0.3 is 0 Å². The second-order valence-electron chi connectivity index (χ2n) is 3.59. The van der Waals surface area contributed by atoms with E-state index in [4.69, 9.17) is 5.84 Å². The third-order valence-electron chi connectivity index (χ3n) is 2.44. The molecule has 0 aliphatic rings. The highest BCUT2D eigenvalue weighted by Crippen LogP contribution is 2.12. The minimum absolute atomic E-state index is 0.206. The third kappa shape index (κ3) is 3.36. The van der Waals surface area contributed by atoms with E-state index in [9.17, 15) is 4.79 Å². The Morgan fingerprint density at radius 2 is 2.07 bits per heavy atom. The smallest absolute Gasteiger partial charge is 0.265 e. The van der Waals surface area contributed by atoms with Crippen molar-refractivity contribution in [1.82, 2.24) is 5.43 Å². The Morgan fingerprint density at radius 3 is 2.73 bits per heavy atom. The van der Waals surface area contributed by atoms with Crippen molar-refractivity contribution in [1.29, 1.82) is 0 Å². The fourth-order valence-corrected chi connectivity index (χ4v) is 1.60. The van der Waals surface area contributed by atoms with Gasteiger partial charge in [-0.05, 0) is 24.5 Å². The van der Waals surface area contributed by atoms with Crippen LogP contribution in [0.3, 0.4) is 0 Å². The summed E-state index contributed by atoms with van der Waals surface area (Å²) in [5.41, 5.74) is 3.94. The molecule has 1 aromatic carbocycles. The number of benzene rings is 1. The number of nitrogens with one attached hydrogen (secondary N) is 1. The van der Waals surface area contributed by atoms with Crippen molar-refractivity contribution in [2.45, 2.75) is 32.6 Å². The van der Waals surface area contributed by atoms with Crippen LogP contribution >= 0.6 is 0 Å². The van der Waals surface area contributed by atoms with Gasteiger partial charge < -0.3 is 0 Å². The lowest BCUT2D eigenvalue weighted by Crippen LogP contribution is -2.30. The standard InChI is InChI=1S/C12H18N2O/c1-2-3-4-7-10-8-5-6-9-11(10)12(15)14-13/h5-6,8-9H,2-4,7,13H2,1H3,(H,14,15). The number of carbonyl (C=O) groups excluding carboxylic acids is 1. The monoisotopic (exact) mass is 206 g/mol. The maximum atomic E-state index is 11.4. The molecule has 3 N–H and O–H groups in total. The quantitative estimate of drug-likeness (QED) is 0.335. The SMILES string of the molecule is CCCCCc1ccccc1C(=O)NN. The van der Waals surface area contributed by atoms with Gasteiger partial charge in [-0.1, -0.05) is 38.0 Å². The van der Waals surface area contributed by atoms with E-state index < -0.39 is 0 Å². The first-order chi connectivity index (χ1) is 7.29. The summed E-state index contributed by atoms with van der Waals surface area (Å²) in [4.78, 5) is 11.4. The van der Waals surface area contributed by atoms with Crippen molar-refractivity contribution in [3.63, 3.8) is 0 Å². The van der Waals surface area contributed by atoms with Crippen LogP contribution in [0.25, 0.3) is 0 Å². The fourth-order valence-electron chi connectivity index (χ4n) is 1.60. The van der Waals surface area contributed by atoms with Gasteiger partial charge in [0.15, 0.2) is 0 Å². The number of hydrogen-bond acceptors (Lipinski definition) is 2. The van der Waals surface area contributed by atoms with Crippen LogP contribution in [0.2, 0.25) is 0 Å². The van der Waals surface area contributed by atoms with E-state index >= 15 is 0 Å². The maximum absolute atomic E-state index is 11.4. The normalized spacial score (nSPS) is 10.0. The molecule has 0 spiro atoms. The van der Waals surface area contributed by atoms with E-state index in [2.05, 4.69) is 12.3 Å². The summed E-state index contributed by atoms with van der Waals surface area (Å²) in [6.07, 6.45) is 4.44. The van der Waals surface area contributed by atoms with E-state index in [1.807, 2.05) is 24.3 Å². The van der Waals surface area contributed by atoms with Crippen LogP contribution in [0.1, 0.15) is 42.1 Å². The number of nitrogens with two attached hydrogens (primary N) is 1. The second kappa shape index (κ2) is 6.19. The molecule has 0 fully saturated rings. The first-order valence-electron chi connectivity index (χ1n) is 5.38. The highest BCUT2D eigenvalue weighted by molar-refractivity contribution is 5.95. The van der Waals surface area contributed by atoms with Gasteiger partial charge in [-0.2, -0.15) is 0 Å². The van der Waals surface area contributed by atoms with Crippen molar-refractivity contribution in [2.24, 2.45) is 5.84 Å². The summed E-state index contributed by atoms with van der Waals surface area (Å²) in [5.74, 6) is 4.92. The van der Waals surface area contributed by atoms with Gasteiger partial charge in [-0.3, -0.25) is 10.2 Å². The minimum Gasteiger partial charge on any atom is -0.290 e. The second-order valence-corrected chi connectivity index (χ2v) is 3.59. The maximum Gasteiger partial charge on any atom is 0.265 e. The van der Waals surface area contributed by atoms with Gasteiger partial charge in [0.05, 0.1) is 0 Å². The molecule has 3 heteroatoms. The lowest BCUT2D eigenvalue weighted by atomic mass is 10.0. The first-order valence-corrected chi connectivity index (χ1v) is 5.38. The molecule has 0 bridgehead atoms. The number of hydrazine groups is 1. The van der Waals surface area contributed by atoms with E-state index in [0.29, 0.717) is 5.56 Å². The number of hydrogen-bond donors (Lipinski definition) is 2. The van der Waals surface area contributed by atoms with Gasteiger partial charge in [-0.25, -0.2) is 5.84 Å². The Labute approximate surface area is 90.6 Å². The number of rotatable bonds is 5. The summed E-state index contributed by atoms with van der Waals surface area (Å²) in [5, 5.41) is 0. The number of aryl methyl sites for hydroxylation is 1. The van der Waals surface area contributed by atoms with E-state index in [1.165, 1.54) is 12.8 Å². The predicted molar refractivity (Wildman–Crippen MR) is 61.3 cm³/mol. The Kier molecular flexibility index (Phi) is 4.84. The average molecular weight is 206 g/mol. The zero-order valence-electron chi connectivity index (χ0n) is 9.12. The lowest BCUT2D eigenvalue weighted by molar-refractivity contribution is 0.0952. The molecule has 0 radical (unpaired) electrons. The molecule has 0 unspecified atom stereocenters. The van der Waals surface area contributed by atoms with Crippen LogP contribution in [0, 0.1) is 0 Å². The summed E-state index contributed by atoms with van der Waals surface area (Å²) in [7, 11) is 0. The summed E-state index contributed by atoms with van der Waals surface area (Å²) in [6, 6.07) is 7.60. The molecular formula is C12H18N2O. The molecule has 0 aliphatic heterocycles. The van der Waals surface area contributed by atoms with Crippen LogP contribution < -0.4 is 11.3 Å². The van der Waals surface area contributed by atoms with Crippen molar-refractivity contribution in [3.05, 3.63) is 35.4 Å². The molecule has 15 heavy (non-hydrogen) atoms. The van der Waals surface area contributed by atoms with E-state index in [0.717, 1.165) is 18.4 Å². The van der Waals surface area contributed by atoms with Crippen LogP contribution in [0.4, 0.5) is 0 Å². The highest BCUT2D eigenvalue weighted by atomic mass is 16.2. The zero-order valence-corrected chi connectivity index (χ0v) is 9.12. The van der Waals surface area contributed by atoms with Crippen molar-refractivity contribution >= 4 is 5.91 Å². The molecule has 82 valence electrons. The molecule has 0 aromatic heterocycles. The van der Waals surface area contributed by atoms with Gasteiger partial charge in [-0.15, -0.1) is 0 Å². The lowest BCUT2D eigenvalue weighted by Gasteiger charge is -2.07. The summed E-state index contributed by atoms with van der Waals surface area (Å²) < 4.78 is 0. The van der Waals surface area contributed by atoms with Gasteiger partial charge in [0.2, 0.25) is 0 Å². The highest BCUT2D eigenvalue weighted by Gasteiger charge is 2.08. The summed E-state index contributed by atoms with van der Waals surface area (Å²) in [6.45, 7) is 2.17. The number of nitrogen functional groups attached to an aromatic ring is 1. The zero-order chi connectivity index (χ0) is 11.1. The molecule has 1 aromatic rings. The molecule has 3 nitrogen and oxygen atoms in total. The van der Waals surface area contributed by atoms with Gasteiger partial charge in [0.1, 0.15) is 0 Å². The molecule has 1 amide bonds. The molecule has 0 atom stereocenters. The van der Waals surface area contributed by atoms with Crippen molar-refractivity contribution < 1.29 is 4.79 Å². The van der Waals surface area contributed by atoms with Crippen LogP contribution in [0.5, 0.6) is 0 Å². The predicted octanol–water partition coefficient (Wildman–Crippen LogP) is 2.02. The molecule has 0 aliphatic carbocycles. The van der Waals surface area contributed by atoms with Crippen LogP contribution in [-0.2, 0) is 6.42 Å². The van der Waals surface area contributed by atoms with Gasteiger partial charge in [0.25, 0.3) is 5.91 Å². The minimum atomic E-state index is -0.206. The first kappa shape index (κ1) is 11.7. The van der Waals surface area contributed by atoms with E-state index in [-0.39, 0.29) is 5.91 Å².